The summed E-state index contributed by atoms with van der Waals surface area (Å²) in [4.78, 5) is 4.80. The monoisotopic (exact) mass is 333 g/mol. The van der Waals surface area contributed by atoms with Crippen LogP contribution >= 0.6 is 11.8 Å². The molecule has 2 aliphatic heterocycles. The highest BCUT2D eigenvalue weighted by Gasteiger charge is 2.52. The molecule has 0 amide bonds. The number of hydrogen-bond acceptors (Lipinski definition) is 6. The minimum absolute atomic E-state index is 0.156. The molecule has 0 aromatic carbocycles. The summed E-state index contributed by atoms with van der Waals surface area (Å²) in [6, 6.07) is 1.22. The summed E-state index contributed by atoms with van der Waals surface area (Å²) >= 11 is 1.75. The Hall–Kier alpha value is 0.180. The summed E-state index contributed by atoms with van der Waals surface area (Å²) in [5.41, 5.74) is 6.02. The third kappa shape index (κ3) is 3.00. The molecule has 3 atom stereocenters. The second-order valence-corrected chi connectivity index (χ2v) is 10.3. The predicted octanol–water partition coefficient (Wildman–Crippen LogP) is 0.360. The fourth-order valence-electron chi connectivity index (χ4n) is 4.07. The van der Waals surface area contributed by atoms with Gasteiger partial charge in [-0.25, -0.2) is 8.42 Å². The van der Waals surface area contributed by atoms with Crippen LogP contribution in [0.25, 0.3) is 0 Å². The highest BCUT2D eigenvalue weighted by Crippen LogP contribution is 2.41. The average Bonchev–Trinajstić information content (AvgIpc) is 3.22. The van der Waals surface area contributed by atoms with Gasteiger partial charge in [0.05, 0.1) is 0 Å². The number of nitrogens with zero attached hydrogens (tertiary/aromatic N) is 2. The highest BCUT2D eigenvalue weighted by molar-refractivity contribution is 8.00. The van der Waals surface area contributed by atoms with Gasteiger partial charge < -0.3 is 5.73 Å². The van der Waals surface area contributed by atoms with Crippen LogP contribution in [0.15, 0.2) is 0 Å². The molecule has 1 aliphatic carbocycles. The summed E-state index contributed by atoms with van der Waals surface area (Å²) in [7, 11) is -3.07. The van der Waals surface area contributed by atoms with Crippen LogP contribution in [0, 0.1) is 0 Å². The van der Waals surface area contributed by atoms with Crippen molar-refractivity contribution in [3.05, 3.63) is 0 Å². The van der Waals surface area contributed by atoms with Crippen molar-refractivity contribution in [3.63, 3.8) is 0 Å². The van der Waals surface area contributed by atoms with Crippen LogP contribution in [0.3, 0.4) is 0 Å². The Kier molecular flexibility index (Phi) is 4.34. The van der Waals surface area contributed by atoms with Gasteiger partial charge in [0.25, 0.3) is 0 Å². The second kappa shape index (κ2) is 5.67. The Balaban J connectivity index is 1.87. The zero-order valence-electron chi connectivity index (χ0n) is 13.0. The predicted molar refractivity (Wildman–Crippen MR) is 88.3 cm³/mol. The second-order valence-electron chi connectivity index (χ2n) is 6.94. The number of likely N-dealkylation sites (tertiary alicyclic amines) is 1. The van der Waals surface area contributed by atoms with Gasteiger partial charge >= 0.3 is 0 Å². The summed E-state index contributed by atoms with van der Waals surface area (Å²) in [6.45, 7) is 4.60. The van der Waals surface area contributed by atoms with Gasteiger partial charge in [-0.1, -0.05) is 0 Å². The van der Waals surface area contributed by atoms with Crippen molar-refractivity contribution < 1.29 is 8.42 Å². The van der Waals surface area contributed by atoms with Crippen LogP contribution in [-0.2, 0) is 9.84 Å². The Bertz CT molecular complexity index is 494. The van der Waals surface area contributed by atoms with Crippen molar-refractivity contribution in [3.8, 4) is 0 Å². The van der Waals surface area contributed by atoms with Gasteiger partial charge in [0.2, 0.25) is 0 Å². The van der Waals surface area contributed by atoms with E-state index < -0.39 is 9.84 Å². The van der Waals surface area contributed by atoms with Gasteiger partial charge in [-0.05, 0) is 26.2 Å². The fraction of sp³-hybridized carbons (Fsp3) is 1.00. The summed E-state index contributed by atoms with van der Waals surface area (Å²) in [6.07, 6.45) is 4.95. The first-order chi connectivity index (χ1) is 9.87. The Morgan fingerprint density at radius 3 is 2.67 bits per heavy atom. The standard InChI is InChI=1S/C14H27N3O2S2/c1-11-7-14(9-15,10-16(11)12-3-4-12)17-5-6-20-8-13(17)21(2,18)19/h11-13H,3-10,15H2,1-2H3. The van der Waals surface area contributed by atoms with Crippen molar-refractivity contribution >= 4 is 21.6 Å². The SMILES string of the molecule is CC1CC(CN)(N2CCSCC2S(C)(=O)=O)CN1C1CC1. The topological polar surface area (TPSA) is 66.6 Å². The molecule has 2 heterocycles. The minimum Gasteiger partial charge on any atom is -0.329 e. The molecule has 3 fully saturated rings. The number of hydrogen-bond donors (Lipinski definition) is 1. The first-order valence-corrected chi connectivity index (χ1v) is 11.0. The molecule has 3 rings (SSSR count). The lowest BCUT2D eigenvalue weighted by Crippen LogP contribution is -2.63. The lowest BCUT2D eigenvalue weighted by atomic mass is 9.94. The molecule has 2 saturated heterocycles. The molecule has 0 spiro atoms. The van der Waals surface area contributed by atoms with Crippen LogP contribution in [0.4, 0.5) is 0 Å². The van der Waals surface area contributed by atoms with Crippen LogP contribution in [0.5, 0.6) is 0 Å². The van der Waals surface area contributed by atoms with Gasteiger partial charge in [-0.2, -0.15) is 11.8 Å². The maximum Gasteiger partial charge on any atom is 0.164 e. The molecule has 3 aliphatic rings. The van der Waals surface area contributed by atoms with Crippen molar-refractivity contribution in [2.75, 3.05) is 37.4 Å². The zero-order chi connectivity index (χ0) is 15.3. The number of rotatable bonds is 4. The van der Waals surface area contributed by atoms with Crippen molar-refractivity contribution in [1.29, 1.82) is 0 Å². The van der Waals surface area contributed by atoms with E-state index in [2.05, 4.69) is 16.7 Å². The minimum atomic E-state index is -3.07. The van der Waals surface area contributed by atoms with Crippen molar-refractivity contribution in [2.24, 2.45) is 5.73 Å². The van der Waals surface area contributed by atoms with Gasteiger partial charge in [0.15, 0.2) is 9.84 Å². The first-order valence-electron chi connectivity index (χ1n) is 7.86. The first kappa shape index (κ1) is 16.1. The molecule has 1 saturated carbocycles. The van der Waals surface area contributed by atoms with E-state index in [1.165, 1.54) is 19.1 Å². The molecule has 3 unspecified atom stereocenters. The normalized spacial score (nSPS) is 39.8. The molecule has 0 bridgehead atoms. The van der Waals surface area contributed by atoms with E-state index in [0.29, 0.717) is 24.4 Å². The third-order valence-corrected chi connectivity index (χ3v) is 7.95. The van der Waals surface area contributed by atoms with Gasteiger partial charge in [0, 0.05) is 55.0 Å². The number of sulfone groups is 1. The largest absolute Gasteiger partial charge is 0.329 e. The van der Waals surface area contributed by atoms with E-state index >= 15 is 0 Å². The third-order valence-electron chi connectivity index (χ3n) is 5.30. The van der Waals surface area contributed by atoms with Gasteiger partial charge in [-0.3, -0.25) is 9.80 Å². The van der Waals surface area contributed by atoms with Crippen LogP contribution < -0.4 is 5.73 Å². The maximum atomic E-state index is 12.2. The van der Waals surface area contributed by atoms with Crippen LogP contribution in [-0.4, -0.2) is 78.6 Å². The summed E-state index contributed by atoms with van der Waals surface area (Å²) in [5, 5.41) is -0.369. The molecule has 0 aromatic rings. The Morgan fingerprint density at radius 2 is 2.10 bits per heavy atom. The molecule has 0 radical (unpaired) electrons. The highest BCUT2D eigenvalue weighted by atomic mass is 32.2. The van der Waals surface area contributed by atoms with E-state index in [-0.39, 0.29) is 10.9 Å². The van der Waals surface area contributed by atoms with Crippen LogP contribution in [0.1, 0.15) is 26.2 Å². The van der Waals surface area contributed by atoms with E-state index in [9.17, 15) is 8.42 Å². The zero-order valence-corrected chi connectivity index (χ0v) is 14.6. The molecular weight excluding hydrogens is 306 g/mol. The van der Waals surface area contributed by atoms with E-state index in [4.69, 9.17) is 5.73 Å². The van der Waals surface area contributed by atoms with Crippen molar-refractivity contribution in [1.82, 2.24) is 9.80 Å². The number of thioether (sulfide) groups is 1. The molecule has 122 valence electrons. The quantitative estimate of drug-likeness (QED) is 0.801. The fourth-order valence-corrected chi connectivity index (χ4v) is 7.02. The molecule has 21 heavy (non-hydrogen) atoms. The molecule has 2 N–H and O–H groups in total. The Morgan fingerprint density at radius 1 is 1.38 bits per heavy atom. The average molecular weight is 334 g/mol. The number of nitrogens with two attached hydrogens (primary N) is 1. The smallest absolute Gasteiger partial charge is 0.164 e. The molecule has 5 nitrogen and oxygen atoms in total. The summed E-state index contributed by atoms with van der Waals surface area (Å²) in [5.74, 6) is 1.68. The molecular formula is C14H27N3O2S2. The molecule has 7 heteroatoms. The van der Waals surface area contributed by atoms with Crippen molar-refractivity contribution in [2.45, 2.75) is 49.2 Å². The lowest BCUT2D eigenvalue weighted by Gasteiger charge is -2.46. The van der Waals surface area contributed by atoms with E-state index in [0.717, 1.165) is 25.3 Å². The molecule has 0 aromatic heterocycles. The summed E-state index contributed by atoms with van der Waals surface area (Å²) < 4.78 is 24.4. The lowest BCUT2D eigenvalue weighted by molar-refractivity contribution is 0.0933. The van der Waals surface area contributed by atoms with E-state index in [1.807, 2.05) is 0 Å². The van der Waals surface area contributed by atoms with E-state index in [1.54, 1.807) is 11.8 Å². The van der Waals surface area contributed by atoms with Gasteiger partial charge in [0.1, 0.15) is 5.37 Å². The van der Waals surface area contributed by atoms with Gasteiger partial charge in [-0.15, -0.1) is 0 Å². The van der Waals surface area contributed by atoms with Crippen LogP contribution in [0.2, 0.25) is 0 Å². The maximum absolute atomic E-state index is 12.2. The Labute approximate surface area is 132 Å².